The van der Waals surface area contributed by atoms with E-state index in [1.165, 1.54) is 0 Å². The van der Waals surface area contributed by atoms with Crippen LogP contribution in [0.3, 0.4) is 0 Å². The average Bonchev–Trinajstić information content (AvgIpc) is 3.02. The highest BCUT2D eigenvalue weighted by molar-refractivity contribution is 5.79. The summed E-state index contributed by atoms with van der Waals surface area (Å²) in [6.07, 6.45) is 7.69. The maximum Gasteiger partial charge on any atom is 0.227 e. The van der Waals surface area contributed by atoms with E-state index in [0.717, 1.165) is 22.7 Å². The number of aromatic nitrogens is 3. The molecule has 0 radical (unpaired) electrons. The van der Waals surface area contributed by atoms with E-state index in [9.17, 15) is 4.79 Å². The van der Waals surface area contributed by atoms with E-state index < -0.39 is 0 Å². The zero-order valence-electron chi connectivity index (χ0n) is 12.5. The minimum absolute atomic E-state index is 0.00325. The van der Waals surface area contributed by atoms with Gasteiger partial charge in [-0.05, 0) is 18.1 Å². The quantitative estimate of drug-likeness (QED) is 0.798. The van der Waals surface area contributed by atoms with Gasteiger partial charge in [-0.15, -0.1) is 0 Å². The van der Waals surface area contributed by atoms with Gasteiger partial charge in [0, 0.05) is 12.4 Å². The number of carbonyl (C=O) groups excluding carboxylic acids is 1. The number of ether oxygens (including phenoxy) is 1. The van der Waals surface area contributed by atoms with Gasteiger partial charge in [0.2, 0.25) is 5.91 Å². The molecule has 0 unspecified atom stereocenters. The van der Waals surface area contributed by atoms with Crippen molar-refractivity contribution in [2.45, 2.75) is 13.0 Å². The number of hydrogen-bond acceptors (Lipinski definition) is 4. The molecule has 0 spiro atoms. The number of nitrogens with one attached hydrogen (secondary N) is 1. The molecule has 116 valence electrons. The highest BCUT2D eigenvalue weighted by atomic mass is 16.5. The Kier molecular flexibility index (Phi) is 3.42. The van der Waals surface area contributed by atoms with Crippen molar-refractivity contribution in [2.75, 3.05) is 6.61 Å². The Morgan fingerprint density at radius 3 is 3.22 bits per heavy atom. The topological polar surface area (TPSA) is 68.5 Å². The highest BCUT2D eigenvalue weighted by Crippen LogP contribution is 2.26. The third-order valence-electron chi connectivity index (χ3n) is 4.09. The fraction of sp³-hybridized carbons (Fsp3) is 0.235. The second-order valence-corrected chi connectivity index (χ2v) is 5.59. The van der Waals surface area contributed by atoms with Gasteiger partial charge >= 0.3 is 0 Å². The second-order valence-electron chi connectivity index (χ2n) is 5.59. The average molecular weight is 308 g/mol. The van der Waals surface area contributed by atoms with Gasteiger partial charge in [-0.1, -0.05) is 18.2 Å². The number of amides is 1. The zero-order chi connectivity index (χ0) is 15.6. The molecule has 23 heavy (non-hydrogen) atoms. The molecule has 3 aromatic rings. The fourth-order valence-electron chi connectivity index (χ4n) is 2.84. The molecule has 1 aromatic carbocycles. The molecule has 4 rings (SSSR count). The lowest BCUT2D eigenvalue weighted by Gasteiger charge is -2.24. The van der Waals surface area contributed by atoms with Crippen molar-refractivity contribution in [3.8, 4) is 5.75 Å². The first-order chi connectivity index (χ1) is 11.3. The summed E-state index contributed by atoms with van der Waals surface area (Å²) in [5.74, 6) is 0.722. The van der Waals surface area contributed by atoms with Crippen LogP contribution >= 0.6 is 0 Å². The van der Waals surface area contributed by atoms with Gasteiger partial charge in [0.15, 0.2) is 5.65 Å². The third kappa shape index (κ3) is 2.63. The molecule has 2 aromatic heterocycles. The van der Waals surface area contributed by atoms with Gasteiger partial charge in [0.1, 0.15) is 12.4 Å². The number of carbonyl (C=O) groups is 1. The minimum Gasteiger partial charge on any atom is -0.492 e. The van der Waals surface area contributed by atoms with E-state index in [2.05, 4.69) is 15.3 Å². The van der Waals surface area contributed by atoms with Crippen molar-refractivity contribution in [1.29, 1.82) is 0 Å². The summed E-state index contributed by atoms with van der Waals surface area (Å²) in [5.41, 5.74) is 2.78. The van der Waals surface area contributed by atoms with Crippen LogP contribution in [0.4, 0.5) is 0 Å². The van der Waals surface area contributed by atoms with E-state index in [-0.39, 0.29) is 11.8 Å². The molecule has 1 aliphatic heterocycles. The number of nitrogens with zero attached hydrogens (tertiary/aromatic N) is 3. The number of rotatable bonds is 3. The zero-order valence-corrected chi connectivity index (χ0v) is 12.5. The van der Waals surface area contributed by atoms with E-state index in [0.29, 0.717) is 19.6 Å². The standard InChI is InChI=1S/C17H16N4O2/c22-17(13-7-12-3-1-2-4-15(12)23-11-13)20-9-14-8-19-16-10-18-5-6-21(14)16/h1-6,8,10,13H,7,9,11H2,(H,20,22)/t13-/m1/s1. The van der Waals surface area contributed by atoms with Gasteiger partial charge in [-0.25, -0.2) is 4.98 Å². The Hall–Kier alpha value is -2.89. The molecule has 6 nitrogen and oxygen atoms in total. The van der Waals surface area contributed by atoms with Crippen LogP contribution in [0.1, 0.15) is 11.3 Å². The van der Waals surface area contributed by atoms with Crippen molar-refractivity contribution in [1.82, 2.24) is 19.7 Å². The first-order valence-electron chi connectivity index (χ1n) is 7.55. The van der Waals surface area contributed by atoms with Gasteiger partial charge in [0.05, 0.1) is 30.6 Å². The number of hydrogen-bond donors (Lipinski definition) is 1. The van der Waals surface area contributed by atoms with Gasteiger partial charge in [-0.2, -0.15) is 0 Å². The maximum absolute atomic E-state index is 12.4. The molecule has 0 aliphatic carbocycles. The van der Waals surface area contributed by atoms with Gasteiger partial charge in [-0.3, -0.25) is 14.2 Å². The predicted molar refractivity (Wildman–Crippen MR) is 84.0 cm³/mol. The van der Waals surface area contributed by atoms with Crippen LogP contribution in [0.15, 0.2) is 49.1 Å². The van der Waals surface area contributed by atoms with E-state index >= 15 is 0 Å². The summed E-state index contributed by atoms with van der Waals surface area (Å²) in [7, 11) is 0. The van der Waals surface area contributed by atoms with Crippen LogP contribution in [0.25, 0.3) is 5.65 Å². The van der Waals surface area contributed by atoms with Crippen LogP contribution in [0.5, 0.6) is 5.75 Å². The molecule has 6 heteroatoms. The summed E-state index contributed by atoms with van der Waals surface area (Å²) < 4.78 is 7.59. The molecule has 1 amide bonds. The Labute approximate surface area is 133 Å². The maximum atomic E-state index is 12.4. The SMILES string of the molecule is O=C(NCc1cnc2cnccn12)[C@H]1COc2ccccc2C1. The Bertz CT molecular complexity index is 858. The molecule has 1 atom stereocenters. The summed E-state index contributed by atoms with van der Waals surface area (Å²) in [5, 5.41) is 2.98. The molecule has 0 fully saturated rings. The number of imidazole rings is 1. The van der Waals surface area contributed by atoms with E-state index in [4.69, 9.17) is 4.74 Å². The van der Waals surface area contributed by atoms with Gasteiger partial charge in [0.25, 0.3) is 0 Å². The van der Waals surface area contributed by atoms with E-state index in [1.807, 2.05) is 34.9 Å². The Balaban J connectivity index is 1.43. The third-order valence-corrected chi connectivity index (χ3v) is 4.09. The smallest absolute Gasteiger partial charge is 0.227 e. The molecule has 0 saturated carbocycles. The van der Waals surface area contributed by atoms with Crippen LogP contribution in [0, 0.1) is 5.92 Å². The van der Waals surface area contributed by atoms with Crippen molar-refractivity contribution in [2.24, 2.45) is 5.92 Å². The highest BCUT2D eigenvalue weighted by Gasteiger charge is 2.25. The first kappa shape index (κ1) is 13.8. The van der Waals surface area contributed by atoms with Crippen LogP contribution in [-0.4, -0.2) is 26.9 Å². The lowest BCUT2D eigenvalue weighted by molar-refractivity contribution is -0.126. The molecule has 0 saturated heterocycles. The number of fused-ring (bicyclic) bond motifs is 2. The monoisotopic (exact) mass is 308 g/mol. The summed E-state index contributed by atoms with van der Waals surface area (Å²) in [4.78, 5) is 20.7. The summed E-state index contributed by atoms with van der Waals surface area (Å²) in [6.45, 7) is 0.849. The van der Waals surface area contributed by atoms with E-state index in [1.54, 1.807) is 18.6 Å². The van der Waals surface area contributed by atoms with Crippen molar-refractivity contribution < 1.29 is 9.53 Å². The minimum atomic E-state index is -0.161. The molecular weight excluding hydrogens is 292 g/mol. The Morgan fingerprint density at radius 2 is 2.26 bits per heavy atom. The lowest BCUT2D eigenvalue weighted by Crippen LogP contribution is -2.37. The Morgan fingerprint density at radius 1 is 1.35 bits per heavy atom. The van der Waals surface area contributed by atoms with Crippen LogP contribution in [0.2, 0.25) is 0 Å². The van der Waals surface area contributed by atoms with Crippen molar-refractivity contribution >= 4 is 11.6 Å². The molecule has 1 N–H and O–H groups in total. The molecule has 1 aliphatic rings. The molecule has 3 heterocycles. The number of para-hydroxylation sites is 1. The largest absolute Gasteiger partial charge is 0.492 e. The first-order valence-corrected chi connectivity index (χ1v) is 7.55. The molecule has 0 bridgehead atoms. The summed E-state index contributed by atoms with van der Waals surface area (Å²) >= 11 is 0. The van der Waals surface area contributed by atoms with Crippen LogP contribution < -0.4 is 10.1 Å². The molecular formula is C17H16N4O2. The normalized spacial score (nSPS) is 16.6. The van der Waals surface area contributed by atoms with Crippen molar-refractivity contribution in [3.63, 3.8) is 0 Å². The second kappa shape index (κ2) is 5.72. The van der Waals surface area contributed by atoms with Crippen LogP contribution in [-0.2, 0) is 17.8 Å². The lowest BCUT2D eigenvalue weighted by atomic mass is 9.96. The van der Waals surface area contributed by atoms with Gasteiger partial charge < -0.3 is 10.1 Å². The number of benzene rings is 1. The van der Waals surface area contributed by atoms with Crippen molar-refractivity contribution in [3.05, 3.63) is 60.3 Å². The predicted octanol–water partition coefficient (Wildman–Crippen LogP) is 1.60. The summed E-state index contributed by atoms with van der Waals surface area (Å²) in [6, 6.07) is 7.86. The fourth-order valence-corrected chi connectivity index (χ4v) is 2.84.